The first kappa shape index (κ1) is 19.2. The number of ether oxygens (including phenoxy) is 2. The molecule has 2 aliphatic heterocycles. The maximum absolute atomic E-state index is 13.6. The molecule has 3 aliphatic rings. The molecular formula is C23H23ClN2O4. The number of rotatable bonds is 2. The number of carbonyl (C=O) groups excluding carboxylic acids is 2. The van der Waals surface area contributed by atoms with Gasteiger partial charge in [-0.1, -0.05) is 35.9 Å². The summed E-state index contributed by atoms with van der Waals surface area (Å²) in [5.41, 5.74) is 1.79. The maximum Gasteiger partial charge on any atom is 0.325 e. The number of carbonyl (C=O) groups is 2. The Kier molecular flexibility index (Phi) is 4.82. The Labute approximate surface area is 180 Å². The van der Waals surface area contributed by atoms with E-state index in [1.165, 1.54) is 4.90 Å². The van der Waals surface area contributed by atoms with Crippen molar-refractivity contribution in [2.75, 3.05) is 13.2 Å². The number of hydrogen-bond donors (Lipinski definition) is 1. The highest BCUT2D eigenvalue weighted by molar-refractivity contribution is 6.32. The van der Waals surface area contributed by atoms with Crippen molar-refractivity contribution in [1.29, 1.82) is 0 Å². The van der Waals surface area contributed by atoms with Crippen molar-refractivity contribution in [3.8, 4) is 11.5 Å². The molecule has 6 nitrogen and oxygen atoms in total. The number of nitrogens with one attached hydrogen (secondary N) is 1. The topological polar surface area (TPSA) is 67.9 Å². The molecule has 156 valence electrons. The summed E-state index contributed by atoms with van der Waals surface area (Å²) in [6, 6.07) is 11.1. The summed E-state index contributed by atoms with van der Waals surface area (Å²) in [4.78, 5) is 27.8. The Morgan fingerprint density at radius 3 is 2.80 bits per heavy atom. The second-order valence-corrected chi connectivity index (χ2v) is 8.45. The molecule has 1 spiro atoms. The first-order chi connectivity index (χ1) is 14.6. The van der Waals surface area contributed by atoms with Gasteiger partial charge in [-0.2, -0.15) is 0 Å². The minimum atomic E-state index is -0.987. The fourth-order valence-corrected chi connectivity index (χ4v) is 4.96. The van der Waals surface area contributed by atoms with Gasteiger partial charge in [0.1, 0.15) is 5.54 Å². The summed E-state index contributed by atoms with van der Waals surface area (Å²) in [6.45, 7) is 1.21. The van der Waals surface area contributed by atoms with E-state index < -0.39 is 5.54 Å². The predicted molar refractivity (Wildman–Crippen MR) is 112 cm³/mol. The van der Waals surface area contributed by atoms with Crippen molar-refractivity contribution in [3.05, 3.63) is 58.1 Å². The van der Waals surface area contributed by atoms with Crippen LogP contribution in [0.3, 0.4) is 0 Å². The number of nitrogens with zero attached hydrogens (tertiary/aromatic N) is 1. The molecule has 1 aliphatic carbocycles. The van der Waals surface area contributed by atoms with E-state index in [1.807, 2.05) is 24.3 Å². The number of urea groups is 1. The molecule has 0 aromatic heterocycles. The number of fused-ring (bicyclic) bond motifs is 3. The Hall–Kier alpha value is -2.73. The number of hydrogen-bond acceptors (Lipinski definition) is 4. The lowest BCUT2D eigenvalue weighted by Gasteiger charge is -2.27. The molecule has 0 saturated carbocycles. The molecule has 2 aromatic carbocycles. The SMILES string of the molecule is O=C1NC2(CCCCc3ccccc32)C(=O)N1Cc1cc(Cl)c2c(c1)OCCCO2. The fourth-order valence-electron chi connectivity index (χ4n) is 4.67. The highest BCUT2D eigenvalue weighted by Crippen LogP contribution is 2.41. The molecule has 1 unspecified atom stereocenters. The molecule has 1 atom stereocenters. The number of imide groups is 1. The highest BCUT2D eigenvalue weighted by Gasteiger charge is 2.53. The first-order valence-corrected chi connectivity index (χ1v) is 10.8. The van der Waals surface area contributed by atoms with Crippen LogP contribution in [0.2, 0.25) is 5.02 Å². The van der Waals surface area contributed by atoms with E-state index >= 15 is 0 Å². The van der Waals surface area contributed by atoms with Crippen LogP contribution in [0.1, 0.15) is 42.4 Å². The van der Waals surface area contributed by atoms with Crippen LogP contribution in [0.5, 0.6) is 11.5 Å². The molecule has 5 rings (SSSR count). The van der Waals surface area contributed by atoms with Gasteiger partial charge in [0.2, 0.25) is 0 Å². The largest absolute Gasteiger partial charge is 0.489 e. The summed E-state index contributed by atoms with van der Waals surface area (Å²) in [5, 5.41) is 3.44. The molecule has 1 saturated heterocycles. The van der Waals surface area contributed by atoms with E-state index in [0.717, 1.165) is 42.4 Å². The Bertz CT molecular complexity index is 1020. The van der Waals surface area contributed by atoms with Crippen LogP contribution in [-0.2, 0) is 23.3 Å². The molecule has 1 N–H and O–H groups in total. The normalized spacial score (nSPS) is 23.0. The van der Waals surface area contributed by atoms with Gasteiger partial charge >= 0.3 is 6.03 Å². The van der Waals surface area contributed by atoms with Crippen molar-refractivity contribution >= 4 is 23.5 Å². The van der Waals surface area contributed by atoms with Gasteiger partial charge in [0.05, 0.1) is 24.8 Å². The summed E-state index contributed by atoms with van der Waals surface area (Å²) in [5.74, 6) is 0.867. The molecule has 30 heavy (non-hydrogen) atoms. The average molecular weight is 427 g/mol. The van der Waals surface area contributed by atoms with E-state index in [1.54, 1.807) is 12.1 Å². The highest BCUT2D eigenvalue weighted by atomic mass is 35.5. The zero-order valence-corrected chi connectivity index (χ0v) is 17.3. The van der Waals surface area contributed by atoms with Crippen LogP contribution in [0.15, 0.2) is 36.4 Å². The van der Waals surface area contributed by atoms with Gasteiger partial charge in [-0.15, -0.1) is 0 Å². The lowest BCUT2D eigenvalue weighted by atomic mass is 9.84. The maximum atomic E-state index is 13.6. The van der Waals surface area contributed by atoms with E-state index in [2.05, 4.69) is 5.32 Å². The third-order valence-electron chi connectivity index (χ3n) is 6.10. The zero-order valence-electron chi connectivity index (χ0n) is 16.6. The van der Waals surface area contributed by atoms with Crippen LogP contribution >= 0.6 is 11.6 Å². The van der Waals surface area contributed by atoms with Crippen LogP contribution in [0.4, 0.5) is 4.79 Å². The zero-order chi connectivity index (χ0) is 20.7. The summed E-state index contributed by atoms with van der Waals surface area (Å²) < 4.78 is 11.4. The predicted octanol–water partition coefficient (Wildman–Crippen LogP) is 4.18. The molecule has 2 aromatic rings. The van der Waals surface area contributed by atoms with Crippen molar-refractivity contribution in [3.63, 3.8) is 0 Å². The smallest absolute Gasteiger partial charge is 0.325 e. The summed E-state index contributed by atoms with van der Waals surface area (Å²) >= 11 is 6.40. The third-order valence-corrected chi connectivity index (χ3v) is 6.38. The van der Waals surface area contributed by atoms with Crippen LogP contribution in [0, 0.1) is 0 Å². The molecule has 2 heterocycles. The lowest BCUT2D eigenvalue weighted by molar-refractivity contribution is -0.132. The van der Waals surface area contributed by atoms with Crippen LogP contribution < -0.4 is 14.8 Å². The number of halogens is 1. The van der Waals surface area contributed by atoms with Gasteiger partial charge in [0.25, 0.3) is 5.91 Å². The van der Waals surface area contributed by atoms with E-state index in [-0.39, 0.29) is 18.5 Å². The number of amides is 3. The lowest BCUT2D eigenvalue weighted by Crippen LogP contribution is -2.44. The van der Waals surface area contributed by atoms with Gasteiger partial charge < -0.3 is 14.8 Å². The molecule has 7 heteroatoms. The van der Waals surface area contributed by atoms with Gasteiger partial charge in [0, 0.05) is 6.42 Å². The van der Waals surface area contributed by atoms with Crippen LogP contribution in [0.25, 0.3) is 0 Å². The summed E-state index contributed by atoms with van der Waals surface area (Å²) in [7, 11) is 0. The molecule has 0 radical (unpaired) electrons. The van der Waals surface area contributed by atoms with Gasteiger partial charge in [-0.25, -0.2) is 4.79 Å². The van der Waals surface area contributed by atoms with E-state index in [9.17, 15) is 9.59 Å². The monoisotopic (exact) mass is 426 g/mol. The first-order valence-electron chi connectivity index (χ1n) is 10.4. The Morgan fingerprint density at radius 1 is 1.07 bits per heavy atom. The third kappa shape index (κ3) is 3.10. The van der Waals surface area contributed by atoms with E-state index in [4.69, 9.17) is 21.1 Å². The van der Waals surface area contributed by atoms with Gasteiger partial charge in [-0.05, 0) is 54.5 Å². The quantitative estimate of drug-likeness (QED) is 0.731. The number of benzene rings is 2. The molecular weight excluding hydrogens is 404 g/mol. The van der Waals surface area contributed by atoms with Crippen LogP contribution in [-0.4, -0.2) is 30.1 Å². The van der Waals surface area contributed by atoms with E-state index in [0.29, 0.717) is 36.2 Å². The Balaban J connectivity index is 1.48. The van der Waals surface area contributed by atoms with Gasteiger partial charge in [0.15, 0.2) is 11.5 Å². The van der Waals surface area contributed by atoms with Gasteiger partial charge in [-0.3, -0.25) is 9.69 Å². The summed E-state index contributed by atoms with van der Waals surface area (Å²) in [6.07, 6.45) is 4.17. The molecule has 1 fully saturated rings. The minimum absolute atomic E-state index is 0.130. The fraction of sp³-hybridized carbons (Fsp3) is 0.391. The molecule has 3 amide bonds. The van der Waals surface area contributed by atoms with Crippen molar-refractivity contribution in [2.24, 2.45) is 0 Å². The second-order valence-electron chi connectivity index (χ2n) is 8.05. The van der Waals surface area contributed by atoms with Crippen molar-refractivity contribution in [2.45, 2.75) is 44.2 Å². The second kappa shape index (κ2) is 7.51. The van der Waals surface area contributed by atoms with Crippen molar-refractivity contribution < 1.29 is 19.1 Å². The molecule has 0 bridgehead atoms. The minimum Gasteiger partial charge on any atom is -0.489 e. The Morgan fingerprint density at radius 2 is 1.90 bits per heavy atom. The van der Waals surface area contributed by atoms with Crippen molar-refractivity contribution in [1.82, 2.24) is 10.2 Å². The average Bonchev–Trinajstić information content (AvgIpc) is 2.97. The standard InChI is InChI=1S/C23H23ClN2O4/c24-18-12-15(13-19-20(18)30-11-5-10-29-19)14-26-21(27)23(25-22(26)28)9-4-3-7-16-6-1-2-8-17(16)23/h1-2,6,8,12-13H,3-5,7,9-11,14H2,(H,25,28). The number of aryl methyl sites for hydroxylation is 1.